The van der Waals surface area contributed by atoms with Crippen molar-refractivity contribution in [2.45, 2.75) is 38.2 Å². The number of ether oxygens (including phenoxy) is 1. The van der Waals surface area contributed by atoms with Gasteiger partial charge in [0.15, 0.2) is 11.6 Å². The minimum Gasteiger partial charge on any atom is -0.457 e. The molecule has 154 valence electrons. The van der Waals surface area contributed by atoms with Gasteiger partial charge in [0.05, 0.1) is 26.8 Å². The zero-order chi connectivity index (χ0) is 20.7. The number of rotatable bonds is 4. The minimum atomic E-state index is -0.937. The number of aromatic nitrogens is 2. The Balaban J connectivity index is 1.42. The summed E-state index contributed by atoms with van der Waals surface area (Å²) in [7, 11) is 0. The SMILES string of the molecule is O[C@@H]1CCCC[C@H]1Cc1nc2ccc(Oc3ccnc4cc(F)c(F)cc34)cc2s1. The van der Waals surface area contributed by atoms with Gasteiger partial charge in [-0.2, -0.15) is 0 Å². The van der Waals surface area contributed by atoms with Gasteiger partial charge in [0.1, 0.15) is 11.5 Å². The normalized spacial score (nSPS) is 19.4. The molecule has 0 radical (unpaired) electrons. The fourth-order valence-electron chi connectivity index (χ4n) is 4.09. The molecular formula is C23H20F2N2O2S. The molecule has 2 heterocycles. The molecule has 4 nitrogen and oxygen atoms in total. The lowest BCUT2D eigenvalue weighted by Crippen LogP contribution is -2.26. The summed E-state index contributed by atoms with van der Waals surface area (Å²) in [5, 5.41) is 11.7. The van der Waals surface area contributed by atoms with E-state index < -0.39 is 11.6 Å². The molecule has 0 unspecified atom stereocenters. The van der Waals surface area contributed by atoms with Crippen LogP contribution >= 0.6 is 11.3 Å². The Labute approximate surface area is 176 Å². The Bertz CT molecular complexity index is 1230. The third kappa shape index (κ3) is 3.75. The smallest absolute Gasteiger partial charge is 0.161 e. The Morgan fingerprint density at radius 1 is 1.03 bits per heavy atom. The number of aliphatic hydroxyl groups is 1. The van der Waals surface area contributed by atoms with E-state index in [0.29, 0.717) is 22.4 Å². The van der Waals surface area contributed by atoms with Crippen LogP contribution < -0.4 is 4.74 Å². The summed E-state index contributed by atoms with van der Waals surface area (Å²) < 4.78 is 34.2. The lowest BCUT2D eigenvalue weighted by atomic mass is 9.84. The van der Waals surface area contributed by atoms with Crippen molar-refractivity contribution in [3.8, 4) is 11.5 Å². The highest BCUT2D eigenvalue weighted by Crippen LogP contribution is 2.35. The van der Waals surface area contributed by atoms with Gasteiger partial charge in [-0.1, -0.05) is 12.8 Å². The van der Waals surface area contributed by atoms with E-state index in [4.69, 9.17) is 9.72 Å². The molecular weight excluding hydrogens is 406 g/mol. The summed E-state index contributed by atoms with van der Waals surface area (Å²) >= 11 is 1.60. The quantitative estimate of drug-likeness (QED) is 0.434. The topological polar surface area (TPSA) is 55.2 Å². The van der Waals surface area contributed by atoms with E-state index in [2.05, 4.69) is 4.98 Å². The molecule has 1 saturated carbocycles. The molecule has 30 heavy (non-hydrogen) atoms. The second-order valence-electron chi connectivity index (χ2n) is 7.75. The Hall–Kier alpha value is -2.64. The fraction of sp³-hybridized carbons (Fsp3) is 0.304. The number of fused-ring (bicyclic) bond motifs is 2. The molecule has 0 saturated heterocycles. The summed E-state index contributed by atoms with van der Waals surface area (Å²) in [5.41, 5.74) is 1.22. The molecule has 0 spiro atoms. The third-order valence-electron chi connectivity index (χ3n) is 5.68. The first kappa shape index (κ1) is 19.3. The van der Waals surface area contributed by atoms with Crippen molar-refractivity contribution in [3.05, 3.63) is 59.2 Å². The van der Waals surface area contributed by atoms with Crippen LogP contribution in [0.2, 0.25) is 0 Å². The van der Waals surface area contributed by atoms with Gasteiger partial charge in [0.25, 0.3) is 0 Å². The van der Waals surface area contributed by atoms with Gasteiger partial charge in [-0.3, -0.25) is 4.98 Å². The molecule has 5 rings (SSSR count). The van der Waals surface area contributed by atoms with Crippen LogP contribution in [0.3, 0.4) is 0 Å². The average Bonchev–Trinajstić information content (AvgIpc) is 3.13. The molecule has 4 aromatic rings. The van der Waals surface area contributed by atoms with Crippen molar-refractivity contribution < 1.29 is 18.6 Å². The molecule has 2 aromatic heterocycles. The van der Waals surface area contributed by atoms with Crippen LogP contribution in [0.5, 0.6) is 11.5 Å². The van der Waals surface area contributed by atoms with Gasteiger partial charge in [-0.05, 0) is 43.0 Å². The second kappa shape index (κ2) is 7.89. The predicted octanol–water partition coefficient (Wildman–Crippen LogP) is 6.01. The standard InChI is InChI=1S/C23H20F2N2O2S/c24-16-11-15-19(12-17(16)25)26-8-7-21(15)29-14-5-6-18-22(10-14)30-23(27-18)9-13-3-1-2-4-20(13)28/h5-8,10-13,20,28H,1-4,9H2/t13-,20+/m0/s1. The summed E-state index contributed by atoms with van der Waals surface area (Å²) in [4.78, 5) is 8.80. The largest absolute Gasteiger partial charge is 0.457 e. The average molecular weight is 426 g/mol. The van der Waals surface area contributed by atoms with Crippen molar-refractivity contribution in [3.63, 3.8) is 0 Å². The van der Waals surface area contributed by atoms with Crippen molar-refractivity contribution in [2.75, 3.05) is 0 Å². The Kier molecular flexibility index (Phi) is 5.08. The van der Waals surface area contributed by atoms with E-state index in [1.807, 2.05) is 18.2 Å². The number of benzene rings is 2. The van der Waals surface area contributed by atoms with Gasteiger partial charge in [0.2, 0.25) is 0 Å². The first-order valence-electron chi connectivity index (χ1n) is 10.1. The van der Waals surface area contributed by atoms with Gasteiger partial charge in [0, 0.05) is 30.1 Å². The van der Waals surface area contributed by atoms with Gasteiger partial charge in [-0.25, -0.2) is 13.8 Å². The molecule has 7 heteroatoms. The summed E-state index contributed by atoms with van der Waals surface area (Å²) in [5.74, 6) is -0.601. The third-order valence-corrected chi connectivity index (χ3v) is 6.72. The Morgan fingerprint density at radius 2 is 1.87 bits per heavy atom. The van der Waals surface area contributed by atoms with Crippen LogP contribution in [0.1, 0.15) is 30.7 Å². The minimum absolute atomic E-state index is 0.241. The number of aliphatic hydroxyl groups excluding tert-OH is 1. The molecule has 1 aliphatic carbocycles. The number of nitrogens with zero attached hydrogens (tertiary/aromatic N) is 2. The monoisotopic (exact) mass is 426 g/mol. The highest BCUT2D eigenvalue weighted by molar-refractivity contribution is 7.18. The molecule has 2 aromatic carbocycles. The number of halogens is 2. The van der Waals surface area contributed by atoms with E-state index in [1.165, 1.54) is 6.20 Å². The van der Waals surface area contributed by atoms with Crippen LogP contribution in [0.15, 0.2) is 42.6 Å². The molecule has 0 aliphatic heterocycles. The maximum atomic E-state index is 13.7. The molecule has 0 amide bonds. The van der Waals surface area contributed by atoms with Crippen LogP contribution in [0.4, 0.5) is 8.78 Å². The maximum absolute atomic E-state index is 13.7. The van der Waals surface area contributed by atoms with Crippen molar-refractivity contribution >= 4 is 32.5 Å². The molecule has 0 bridgehead atoms. The Morgan fingerprint density at radius 3 is 2.73 bits per heavy atom. The summed E-state index contributed by atoms with van der Waals surface area (Å²) in [6.07, 6.45) is 6.22. The highest BCUT2D eigenvalue weighted by Gasteiger charge is 2.24. The zero-order valence-electron chi connectivity index (χ0n) is 16.1. The van der Waals surface area contributed by atoms with Crippen LogP contribution in [0, 0.1) is 17.6 Å². The lowest BCUT2D eigenvalue weighted by molar-refractivity contribution is 0.0700. The van der Waals surface area contributed by atoms with E-state index in [0.717, 1.165) is 59.5 Å². The lowest BCUT2D eigenvalue weighted by Gasteiger charge is -2.26. The predicted molar refractivity (Wildman–Crippen MR) is 113 cm³/mol. The van der Waals surface area contributed by atoms with Crippen LogP contribution in [0.25, 0.3) is 21.1 Å². The first-order valence-corrected chi connectivity index (χ1v) is 10.9. The maximum Gasteiger partial charge on any atom is 0.161 e. The summed E-state index contributed by atoms with van der Waals surface area (Å²) in [6, 6.07) is 9.41. The fourth-order valence-corrected chi connectivity index (χ4v) is 5.17. The molecule has 1 fully saturated rings. The number of hydrogen-bond donors (Lipinski definition) is 1. The van der Waals surface area contributed by atoms with Gasteiger partial charge >= 0.3 is 0 Å². The number of pyridine rings is 1. The van der Waals surface area contributed by atoms with Crippen molar-refractivity contribution in [2.24, 2.45) is 5.92 Å². The van der Waals surface area contributed by atoms with Crippen LogP contribution in [-0.2, 0) is 6.42 Å². The van der Waals surface area contributed by atoms with Crippen molar-refractivity contribution in [1.29, 1.82) is 0 Å². The second-order valence-corrected chi connectivity index (χ2v) is 8.86. The summed E-state index contributed by atoms with van der Waals surface area (Å²) in [6.45, 7) is 0. The van der Waals surface area contributed by atoms with Gasteiger partial charge in [-0.15, -0.1) is 11.3 Å². The van der Waals surface area contributed by atoms with Gasteiger partial charge < -0.3 is 9.84 Å². The highest BCUT2D eigenvalue weighted by atomic mass is 32.1. The van der Waals surface area contributed by atoms with Crippen LogP contribution in [-0.4, -0.2) is 21.2 Å². The van der Waals surface area contributed by atoms with E-state index in [-0.39, 0.29) is 12.0 Å². The first-order chi connectivity index (χ1) is 14.6. The number of thiazole rings is 1. The molecule has 1 N–H and O–H groups in total. The molecule has 1 aliphatic rings. The van der Waals surface area contributed by atoms with E-state index in [9.17, 15) is 13.9 Å². The van der Waals surface area contributed by atoms with E-state index >= 15 is 0 Å². The zero-order valence-corrected chi connectivity index (χ0v) is 17.0. The van der Waals surface area contributed by atoms with E-state index in [1.54, 1.807) is 17.4 Å². The van der Waals surface area contributed by atoms with Crippen molar-refractivity contribution in [1.82, 2.24) is 9.97 Å². The molecule has 2 atom stereocenters. The number of hydrogen-bond acceptors (Lipinski definition) is 5.